The molecule has 2 saturated heterocycles. The third-order valence-electron chi connectivity index (χ3n) is 3.71. The Bertz CT molecular complexity index is 355. The van der Waals surface area contributed by atoms with Gasteiger partial charge in [0.05, 0.1) is 12.1 Å². The van der Waals surface area contributed by atoms with E-state index in [0.29, 0.717) is 17.7 Å². The molecular weight excluding hydrogens is 294 g/mol. The molecule has 0 aliphatic carbocycles. The van der Waals surface area contributed by atoms with Gasteiger partial charge in [0.15, 0.2) is 0 Å². The van der Waals surface area contributed by atoms with Gasteiger partial charge in [0.2, 0.25) is 5.91 Å². The Labute approximate surface area is 128 Å². The summed E-state index contributed by atoms with van der Waals surface area (Å²) in [6.45, 7) is 0.764. The molecule has 114 valence electrons. The maximum atomic E-state index is 11.5. The van der Waals surface area contributed by atoms with Gasteiger partial charge in [-0.3, -0.25) is 4.79 Å². The number of carbonyl (C=O) groups is 2. The van der Waals surface area contributed by atoms with Crippen LogP contribution in [0, 0.1) is 0 Å². The van der Waals surface area contributed by atoms with Gasteiger partial charge in [-0.15, -0.1) is 0 Å². The van der Waals surface area contributed by atoms with Crippen molar-refractivity contribution in [2.24, 2.45) is 0 Å². The summed E-state index contributed by atoms with van der Waals surface area (Å²) in [4.78, 5) is 22.8. The Kier molecular flexibility index (Phi) is 6.35. The fourth-order valence-electron chi connectivity index (χ4n) is 2.65. The minimum atomic E-state index is -0.0292. The lowest BCUT2D eigenvalue weighted by atomic mass is 10.0. The number of hydrogen-bond acceptors (Lipinski definition) is 4. The van der Waals surface area contributed by atoms with Crippen molar-refractivity contribution in [2.45, 2.75) is 43.0 Å². The number of urea groups is 1. The molecule has 0 aromatic rings. The highest BCUT2D eigenvalue weighted by Crippen LogP contribution is 2.33. The lowest BCUT2D eigenvalue weighted by molar-refractivity contribution is -0.121. The van der Waals surface area contributed by atoms with Gasteiger partial charge in [-0.25, -0.2) is 4.79 Å². The highest BCUT2D eigenvalue weighted by atomic mass is 32.2. The predicted octanol–water partition coefficient (Wildman–Crippen LogP) is 1.19. The number of unbranched alkanes of at least 4 members (excludes halogenated alkanes) is 1. The zero-order chi connectivity index (χ0) is 14.4. The van der Waals surface area contributed by atoms with E-state index in [1.165, 1.54) is 0 Å². The molecule has 3 atom stereocenters. The van der Waals surface area contributed by atoms with Gasteiger partial charge in [-0.1, -0.05) is 6.42 Å². The molecule has 7 heteroatoms. The number of thioether (sulfide) groups is 2. The molecule has 2 fully saturated rings. The Hall–Kier alpha value is -0.560. The van der Waals surface area contributed by atoms with Crippen LogP contribution in [0.2, 0.25) is 0 Å². The van der Waals surface area contributed by atoms with Crippen molar-refractivity contribution in [3.05, 3.63) is 0 Å². The number of amides is 3. The summed E-state index contributed by atoms with van der Waals surface area (Å²) in [6.07, 6.45) is 5.71. The van der Waals surface area contributed by atoms with E-state index in [1.54, 1.807) is 11.8 Å². The molecule has 0 saturated carbocycles. The summed E-state index contributed by atoms with van der Waals surface area (Å²) in [5, 5.41) is 9.37. The predicted molar refractivity (Wildman–Crippen MR) is 85.3 cm³/mol. The monoisotopic (exact) mass is 317 g/mol. The van der Waals surface area contributed by atoms with E-state index in [4.69, 9.17) is 0 Å². The van der Waals surface area contributed by atoms with Crippen LogP contribution < -0.4 is 16.0 Å². The molecular formula is C13H23N3O2S2. The standard InChI is InChI=1S/C13H23N3O2S2/c1-19-7-6-14-11(17)5-3-2-4-10-12-9(8-20-10)15-13(18)16-12/h9-10,12H,2-8H2,1H3,(H,14,17)(H2,15,16,18). The number of hydrogen-bond donors (Lipinski definition) is 3. The molecule has 2 heterocycles. The van der Waals surface area contributed by atoms with E-state index in [9.17, 15) is 9.59 Å². The Morgan fingerprint density at radius 3 is 3.10 bits per heavy atom. The zero-order valence-corrected chi connectivity index (χ0v) is 13.4. The van der Waals surface area contributed by atoms with Gasteiger partial charge in [0, 0.05) is 29.7 Å². The molecule has 3 amide bonds. The molecule has 3 N–H and O–H groups in total. The summed E-state index contributed by atoms with van der Waals surface area (Å²) >= 11 is 3.67. The van der Waals surface area contributed by atoms with Gasteiger partial charge in [0.25, 0.3) is 0 Å². The van der Waals surface area contributed by atoms with Gasteiger partial charge < -0.3 is 16.0 Å². The Morgan fingerprint density at radius 1 is 1.45 bits per heavy atom. The summed E-state index contributed by atoms with van der Waals surface area (Å²) in [7, 11) is 0. The molecule has 5 nitrogen and oxygen atoms in total. The van der Waals surface area contributed by atoms with Crippen LogP contribution in [0.5, 0.6) is 0 Å². The number of carbonyl (C=O) groups excluding carboxylic acids is 2. The van der Waals surface area contributed by atoms with Crippen LogP contribution in [0.4, 0.5) is 4.79 Å². The quantitative estimate of drug-likeness (QED) is 0.465. The van der Waals surface area contributed by atoms with Crippen molar-refractivity contribution >= 4 is 35.5 Å². The van der Waals surface area contributed by atoms with Crippen LogP contribution in [-0.2, 0) is 4.79 Å². The molecule has 20 heavy (non-hydrogen) atoms. The molecule has 0 radical (unpaired) electrons. The third kappa shape index (κ3) is 4.48. The summed E-state index contributed by atoms with van der Waals surface area (Å²) < 4.78 is 0. The maximum absolute atomic E-state index is 11.5. The third-order valence-corrected chi connectivity index (χ3v) is 5.83. The fraction of sp³-hybridized carbons (Fsp3) is 0.846. The molecule has 2 aliphatic rings. The number of nitrogens with one attached hydrogen (secondary N) is 3. The van der Waals surface area contributed by atoms with E-state index in [2.05, 4.69) is 16.0 Å². The van der Waals surface area contributed by atoms with Crippen LogP contribution in [0.3, 0.4) is 0 Å². The molecule has 0 bridgehead atoms. The molecule has 0 aromatic heterocycles. The van der Waals surface area contributed by atoms with Gasteiger partial charge >= 0.3 is 6.03 Å². The van der Waals surface area contributed by atoms with Crippen molar-refractivity contribution in [1.82, 2.24) is 16.0 Å². The minimum Gasteiger partial charge on any atom is -0.355 e. The van der Waals surface area contributed by atoms with Gasteiger partial charge in [-0.05, 0) is 19.1 Å². The molecule has 2 rings (SSSR count). The van der Waals surface area contributed by atoms with E-state index in [0.717, 1.165) is 37.3 Å². The molecule has 0 spiro atoms. The summed E-state index contributed by atoms with van der Waals surface area (Å²) in [5.41, 5.74) is 0. The van der Waals surface area contributed by atoms with Crippen LogP contribution in [-0.4, -0.2) is 53.6 Å². The van der Waals surface area contributed by atoms with E-state index in [1.807, 2.05) is 18.0 Å². The highest BCUT2D eigenvalue weighted by molar-refractivity contribution is 8.00. The van der Waals surface area contributed by atoms with Crippen LogP contribution in [0.25, 0.3) is 0 Å². The van der Waals surface area contributed by atoms with Crippen molar-refractivity contribution in [3.63, 3.8) is 0 Å². The van der Waals surface area contributed by atoms with Gasteiger partial charge in [0.1, 0.15) is 0 Å². The fourth-order valence-corrected chi connectivity index (χ4v) is 4.50. The second kappa shape index (κ2) is 8.02. The lowest BCUT2D eigenvalue weighted by Gasteiger charge is -2.16. The SMILES string of the molecule is CSCCNC(=O)CCCCC1SCC2NC(=O)NC21. The topological polar surface area (TPSA) is 70.2 Å². The molecule has 0 aromatic carbocycles. The summed E-state index contributed by atoms with van der Waals surface area (Å²) in [6, 6.07) is 0.550. The van der Waals surface area contributed by atoms with Crippen molar-refractivity contribution in [2.75, 3.05) is 24.3 Å². The van der Waals surface area contributed by atoms with Gasteiger partial charge in [-0.2, -0.15) is 23.5 Å². The largest absolute Gasteiger partial charge is 0.355 e. The first-order chi connectivity index (χ1) is 9.70. The van der Waals surface area contributed by atoms with Crippen LogP contribution in [0.1, 0.15) is 25.7 Å². The van der Waals surface area contributed by atoms with Crippen LogP contribution >= 0.6 is 23.5 Å². The van der Waals surface area contributed by atoms with E-state index >= 15 is 0 Å². The number of fused-ring (bicyclic) bond motifs is 1. The lowest BCUT2D eigenvalue weighted by Crippen LogP contribution is -2.36. The first-order valence-corrected chi connectivity index (χ1v) is 9.59. The van der Waals surface area contributed by atoms with Crippen molar-refractivity contribution in [1.29, 1.82) is 0 Å². The Balaban J connectivity index is 1.55. The first kappa shape index (κ1) is 15.8. The van der Waals surface area contributed by atoms with Crippen molar-refractivity contribution in [3.8, 4) is 0 Å². The normalized spacial score (nSPS) is 27.9. The smallest absolute Gasteiger partial charge is 0.315 e. The maximum Gasteiger partial charge on any atom is 0.315 e. The van der Waals surface area contributed by atoms with Crippen LogP contribution in [0.15, 0.2) is 0 Å². The summed E-state index contributed by atoms with van der Waals surface area (Å²) in [5.74, 6) is 2.13. The molecule has 3 unspecified atom stereocenters. The van der Waals surface area contributed by atoms with Crippen molar-refractivity contribution < 1.29 is 9.59 Å². The average Bonchev–Trinajstić information content (AvgIpc) is 2.95. The second-order valence-electron chi connectivity index (χ2n) is 5.21. The Morgan fingerprint density at radius 2 is 2.30 bits per heavy atom. The van der Waals surface area contributed by atoms with E-state index in [-0.39, 0.29) is 18.0 Å². The second-order valence-corrected chi connectivity index (χ2v) is 7.47. The highest BCUT2D eigenvalue weighted by Gasteiger charge is 2.42. The first-order valence-electron chi connectivity index (χ1n) is 7.15. The average molecular weight is 317 g/mol. The van der Waals surface area contributed by atoms with E-state index < -0.39 is 0 Å². The zero-order valence-electron chi connectivity index (χ0n) is 11.8. The minimum absolute atomic E-state index is 0.0292. The number of rotatable bonds is 8. The molecule has 2 aliphatic heterocycles.